The largest absolute Gasteiger partial charge is 0.326 e. The van der Waals surface area contributed by atoms with E-state index in [-0.39, 0.29) is 18.9 Å². The molecule has 0 spiro atoms. The Labute approximate surface area is 156 Å². The molecule has 2 aromatic rings. The van der Waals surface area contributed by atoms with Gasteiger partial charge in [0.2, 0.25) is 15.9 Å². The number of sulfonamides is 1. The molecule has 0 aromatic heterocycles. The van der Waals surface area contributed by atoms with Crippen molar-refractivity contribution in [2.24, 2.45) is 0 Å². The van der Waals surface area contributed by atoms with Crippen LogP contribution >= 0.6 is 0 Å². The van der Waals surface area contributed by atoms with E-state index in [9.17, 15) is 13.2 Å². The molecule has 0 radical (unpaired) electrons. The Balaban J connectivity index is 2.07. The number of carbonyl (C=O) groups is 1. The number of rotatable bonds is 7. The van der Waals surface area contributed by atoms with Crippen LogP contribution in [0.2, 0.25) is 0 Å². The molecule has 0 heterocycles. The molecule has 2 aromatic carbocycles. The molecule has 0 saturated heterocycles. The molecule has 140 valence electrons. The summed E-state index contributed by atoms with van der Waals surface area (Å²) < 4.78 is 25.6. The second-order valence-corrected chi connectivity index (χ2v) is 8.66. The van der Waals surface area contributed by atoms with E-state index < -0.39 is 10.0 Å². The molecule has 0 unspecified atom stereocenters. The Morgan fingerprint density at radius 2 is 1.77 bits per heavy atom. The lowest BCUT2D eigenvalue weighted by Crippen LogP contribution is -2.33. The van der Waals surface area contributed by atoms with Crippen LogP contribution in [0.3, 0.4) is 0 Å². The standard InChI is InChI=1S/C20H26N2O3S/c1-15(2)17-8-10-19(11-9-17)22(26(4,24)25)13-12-20(23)21-18-7-5-6-16(3)14-18/h5-11,14-15H,12-13H2,1-4H3,(H,21,23). The van der Waals surface area contributed by atoms with Crippen molar-refractivity contribution in [3.63, 3.8) is 0 Å². The van der Waals surface area contributed by atoms with Gasteiger partial charge in [-0.2, -0.15) is 0 Å². The van der Waals surface area contributed by atoms with Crippen LogP contribution < -0.4 is 9.62 Å². The van der Waals surface area contributed by atoms with Crippen LogP contribution in [0.15, 0.2) is 48.5 Å². The summed E-state index contributed by atoms with van der Waals surface area (Å²) in [6.07, 6.45) is 1.23. The molecule has 0 saturated carbocycles. The first-order valence-corrected chi connectivity index (χ1v) is 10.5. The number of hydrogen-bond donors (Lipinski definition) is 1. The van der Waals surface area contributed by atoms with Gasteiger partial charge in [0.1, 0.15) is 0 Å². The first kappa shape index (κ1) is 20.0. The zero-order valence-corrected chi connectivity index (χ0v) is 16.5. The Morgan fingerprint density at radius 1 is 1.12 bits per heavy atom. The van der Waals surface area contributed by atoms with E-state index in [1.807, 2.05) is 43.3 Å². The van der Waals surface area contributed by atoms with Gasteiger partial charge in [0, 0.05) is 18.7 Å². The van der Waals surface area contributed by atoms with Gasteiger partial charge in [-0.3, -0.25) is 9.10 Å². The van der Waals surface area contributed by atoms with Crippen molar-refractivity contribution >= 4 is 27.3 Å². The summed E-state index contributed by atoms with van der Waals surface area (Å²) in [6.45, 7) is 6.21. The molecule has 0 aliphatic carbocycles. The molecule has 0 aliphatic heterocycles. The van der Waals surface area contributed by atoms with Crippen LogP contribution in [0, 0.1) is 6.92 Å². The van der Waals surface area contributed by atoms with Gasteiger partial charge in [-0.15, -0.1) is 0 Å². The second kappa shape index (κ2) is 8.36. The average molecular weight is 375 g/mol. The van der Waals surface area contributed by atoms with Gasteiger partial charge >= 0.3 is 0 Å². The molecule has 0 bridgehead atoms. The number of aryl methyl sites for hydroxylation is 1. The number of amides is 1. The second-order valence-electron chi connectivity index (χ2n) is 6.75. The molecule has 26 heavy (non-hydrogen) atoms. The molecule has 0 fully saturated rings. The lowest BCUT2D eigenvalue weighted by Gasteiger charge is -2.22. The van der Waals surface area contributed by atoms with Gasteiger partial charge in [-0.1, -0.05) is 38.1 Å². The Morgan fingerprint density at radius 3 is 2.31 bits per heavy atom. The molecule has 0 aliphatic rings. The van der Waals surface area contributed by atoms with Gasteiger partial charge in [0.05, 0.1) is 11.9 Å². The Kier molecular flexibility index (Phi) is 6.42. The molecular weight excluding hydrogens is 348 g/mol. The highest BCUT2D eigenvalue weighted by molar-refractivity contribution is 7.92. The maximum Gasteiger partial charge on any atom is 0.232 e. The van der Waals surface area contributed by atoms with Crippen LogP contribution in [0.1, 0.15) is 37.3 Å². The highest BCUT2D eigenvalue weighted by Gasteiger charge is 2.19. The lowest BCUT2D eigenvalue weighted by molar-refractivity contribution is -0.116. The molecule has 0 atom stereocenters. The fourth-order valence-corrected chi connectivity index (χ4v) is 3.59. The van der Waals surface area contributed by atoms with Crippen LogP contribution in [-0.2, 0) is 14.8 Å². The summed E-state index contributed by atoms with van der Waals surface area (Å²) in [5, 5.41) is 2.80. The number of carbonyl (C=O) groups excluding carboxylic acids is 1. The minimum atomic E-state index is -3.47. The molecule has 2 rings (SSSR count). The van der Waals surface area contributed by atoms with Gasteiger partial charge in [-0.05, 0) is 48.2 Å². The summed E-state index contributed by atoms with van der Waals surface area (Å²) >= 11 is 0. The highest BCUT2D eigenvalue weighted by atomic mass is 32.2. The predicted octanol–water partition coefficient (Wildman–Crippen LogP) is 3.91. The zero-order chi connectivity index (χ0) is 19.3. The third kappa shape index (κ3) is 5.59. The van der Waals surface area contributed by atoms with E-state index in [4.69, 9.17) is 0 Å². The van der Waals surface area contributed by atoms with E-state index in [1.165, 1.54) is 4.31 Å². The number of anilines is 2. The average Bonchev–Trinajstić information content (AvgIpc) is 2.54. The molecular formula is C20H26N2O3S. The third-order valence-corrected chi connectivity index (χ3v) is 5.29. The van der Waals surface area contributed by atoms with Crippen molar-refractivity contribution in [1.82, 2.24) is 0 Å². The van der Waals surface area contributed by atoms with Crippen LogP contribution in [0.5, 0.6) is 0 Å². The summed E-state index contributed by atoms with van der Waals surface area (Å²) in [5.74, 6) is 0.152. The number of benzene rings is 2. The third-order valence-electron chi connectivity index (χ3n) is 4.09. The van der Waals surface area contributed by atoms with E-state index in [2.05, 4.69) is 19.2 Å². The first-order valence-electron chi connectivity index (χ1n) is 8.61. The van der Waals surface area contributed by atoms with Crippen LogP contribution in [-0.4, -0.2) is 27.1 Å². The number of nitrogens with one attached hydrogen (secondary N) is 1. The smallest absolute Gasteiger partial charge is 0.232 e. The van der Waals surface area contributed by atoms with Gasteiger partial charge in [-0.25, -0.2) is 8.42 Å². The Bertz CT molecular complexity index is 859. The minimum Gasteiger partial charge on any atom is -0.326 e. The van der Waals surface area contributed by atoms with E-state index in [0.29, 0.717) is 17.3 Å². The summed E-state index contributed by atoms with van der Waals surface area (Å²) in [7, 11) is -3.47. The van der Waals surface area contributed by atoms with E-state index in [1.54, 1.807) is 12.1 Å². The van der Waals surface area contributed by atoms with Crippen molar-refractivity contribution in [2.75, 3.05) is 22.4 Å². The topological polar surface area (TPSA) is 66.5 Å². The molecule has 1 N–H and O–H groups in total. The maximum atomic E-state index is 12.2. The monoisotopic (exact) mass is 374 g/mol. The lowest BCUT2D eigenvalue weighted by atomic mass is 10.0. The molecule has 1 amide bonds. The molecule has 6 heteroatoms. The highest BCUT2D eigenvalue weighted by Crippen LogP contribution is 2.22. The van der Waals surface area contributed by atoms with Crippen molar-refractivity contribution in [3.05, 3.63) is 59.7 Å². The fraction of sp³-hybridized carbons (Fsp3) is 0.350. The summed E-state index contributed by atoms with van der Waals surface area (Å²) in [6, 6.07) is 14.9. The maximum absolute atomic E-state index is 12.2. The summed E-state index contributed by atoms with van der Waals surface area (Å²) in [5.41, 5.74) is 3.47. The Hall–Kier alpha value is -2.34. The van der Waals surface area contributed by atoms with E-state index in [0.717, 1.165) is 17.4 Å². The fourth-order valence-electron chi connectivity index (χ4n) is 2.66. The first-order chi connectivity index (χ1) is 12.2. The predicted molar refractivity (Wildman–Crippen MR) is 107 cm³/mol. The molecule has 5 nitrogen and oxygen atoms in total. The summed E-state index contributed by atoms with van der Waals surface area (Å²) in [4.78, 5) is 12.2. The van der Waals surface area contributed by atoms with Crippen LogP contribution in [0.4, 0.5) is 11.4 Å². The zero-order valence-electron chi connectivity index (χ0n) is 15.7. The van der Waals surface area contributed by atoms with Gasteiger partial charge in [0.15, 0.2) is 0 Å². The van der Waals surface area contributed by atoms with E-state index >= 15 is 0 Å². The minimum absolute atomic E-state index is 0.0763. The van der Waals surface area contributed by atoms with Gasteiger partial charge in [0.25, 0.3) is 0 Å². The normalized spacial score (nSPS) is 11.4. The van der Waals surface area contributed by atoms with Crippen molar-refractivity contribution in [3.8, 4) is 0 Å². The SMILES string of the molecule is Cc1cccc(NC(=O)CCN(c2ccc(C(C)C)cc2)S(C)(=O)=O)c1. The van der Waals surface area contributed by atoms with Gasteiger partial charge < -0.3 is 5.32 Å². The number of hydrogen-bond acceptors (Lipinski definition) is 3. The van der Waals surface area contributed by atoms with Crippen LogP contribution in [0.25, 0.3) is 0 Å². The van der Waals surface area contributed by atoms with Crippen molar-refractivity contribution < 1.29 is 13.2 Å². The number of nitrogens with zero attached hydrogens (tertiary/aromatic N) is 1. The quantitative estimate of drug-likeness (QED) is 0.799. The van der Waals surface area contributed by atoms with Crippen molar-refractivity contribution in [1.29, 1.82) is 0 Å². The van der Waals surface area contributed by atoms with Crippen molar-refractivity contribution in [2.45, 2.75) is 33.1 Å².